The average Bonchev–Trinajstić information content (AvgIpc) is 2.70. The van der Waals surface area contributed by atoms with E-state index in [4.69, 9.17) is 0 Å². The zero-order valence-electron chi connectivity index (χ0n) is 9.06. The van der Waals surface area contributed by atoms with Crippen LogP contribution in [0, 0.1) is 5.92 Å². The first kappa shape index (κ1) is 11.6. The number of aromatic nitrogens is 2. The van der Waals surface area contributed by atoms with Gasteiger partial charge in [0, 0.05) is 0 Å². The summed E-state index contributed by atoms with van der Waals surface area (Å²) in [6.07, 6.45) is 1.25. The lowest BCUT2D eigenvalue weighted by Crippen LogP contribution is -2.41. The molecule has 0 aliphatic carbocycles. The number of methoxy groups -OCH3 is 1. The molecule has 1 atom stereocenters. The number of ether oxygens (including phenoxy) is 1. The van der Waals surface area contributed by atoms with E-state index in [1.54, 1.807) is 0 Å². The summed E-state index contributed by atoms with van der Waals surface area (Å²) in [6.45, 7) is 4.25. The first-order chi connectivity index (χ1) is 7.15. The Labute approximate surface area is 88.0 Å². The molecule has 84 valence electrons. The summed E-state index contributed by atoms with van der Waals surface area (Å²) in [4.78, 5) is 15.2. The lowest BCUT2D eigenvalue weighted by Gasteiger charge is -2.18. The second-order valence-electron chi connectivity index (χ2n) is 3.47. The highest BCUT2D eigenvalue weighted by atomic mass is 16.5. The predicted octanol–water partition coefficient (Wildman–Crippen LogP) is 0.357. The van der Waals surface area contributed by atoms with E-state index in [9.17, 15) is 4.79 Å². The fourth-order valence-corrected chi connectivity index (χ4v) is 1.19. The van der Waals surface area contributed by atoms with E-state index in [0.29, 0.717) is 12.4 Å². The summed E-state index contributed by atoms with van der Waals surface area (Å²) < 4.78 is 9.25. The fourth-order valence-electron chi connectivity index (χ4n) is 1.19. The summed E-state index contributed by atoms with van der Waals surface area (Å²) in [7, 11) is 1.37. The van der Waals surface area contributed by atoms with Crippen molar-refractivity contribution in [1.29, 1.82) is 0 Å². The van der Waals surface area contributed by atoms with E-state index in [-0.39, 0.29) is 17.9 Å². The van der Waals surface area contributed by atoms with Gasteiger partial charge in [-0.3, -0.25) is 10.1 Å². The zero-order chi connectivity index (χ0) is 11.3. The van der Waals surface area contributed by atoms with Crippen LogP contribution in [0.2, 0.25) is 0 Å². The van der Waals surface area contributed by atoms with Crippen molar-refractivity contribution in [2.45, 2.75) is 26.4 Å². The topological polar surface area (TPSA) is 77.2 Å². The zero-order valence-corrected chi connectivity index (χ0v) is 9.06. The minimum Gasteiger partial charge on any atom is -0.468 e. The maximum atomic E-state index is 11.4. The molecule has 1 N–H and O–H groups in total. The van der Waals surface area contributed by atoms with Crippen LogP contribution in [0.15, 0.2) is 10.9 Å². The molecule has 15 heavy (non-hydrogen) atoms. The second kappa shape index (κ2) is 5.45. The molecule has 0 aromatic carbocycles. The molecule has 0 aliphatic heterocycles. The van der Waals surface area contributed by atoms with Gasteiger partial charge in [-0.05, 0) is 5.92 Å². The molecule has 0 aliphatic rings. The van der Waals surface area contributed by atoms with E-state index >= 15 is 0 Å². The Balaban J connectivity index is 2.49. The Morgan fingerprint density at radius 3 is 2.87 bits per heavy atom. The molecule has 0 amide bonds. The van der Waals surface area contributed by atoms with E-state index in [2.05, 4.69) is 24.7 Å². The molecule has 6 nitrogen and oxygen atoms in total. The van der Waals surface area contributed by atoms with E-state index in [0.717, 1.165) is 0 Å². The Kier molecular flexibility index (Phi) is 4.23. The van der Waals surface area contributed by atoms with Crippen molar-refractivity contribution in [3.8, 4) is 0 Å². The predicted molar refractivity (Wildman–Crippen MR) is 51.8 cm³/mol. The molecule has 1 heterocycles. The molecule has 0 saturated heterocycles. The molecule has 1 aromatic heterocycles. The van der Waals surface area contributed by atoms with Gasteiger partial charge in [-0.2, -0.15) is 4.98 Å². The average molecular weight is 213 g/mol. The third-order valence-corrected chi connectivity index (χ3v) is 2.01. The summed E-state index contributed by atoms with van der Waals surface area (Å²) in [5.74, 6) is 0.377. The van der Waals surface area contributed by atoms with Crippen LogP contribution in [-0.4, -0.2) is 29.3 Å². The normalized spacial score (nSPS) is 12.8. The van der Waals surface area contributed by atoms with Gasteiger partial charge < -0.3 is 9.26 Å². The Morgan fingerprint density at radius 2 is 2.40 bits per heavy atom. The van der Waals surface area contributed by atoms with Crippen LogP contribution < -0.4 is 5.32 Å². The van der Waals surface area contributed by atoms with E-state index in [1.807, 2.05) is 13.8 Å². The van der Waals surface area contributed by atoms with Gasteiger partial charge in [0.1, 0.15) is 6.04 Å². The highest BCUT2D eigenvalue weighted by Crippen LogP contribution is 2.04. The third kappa shape index (κ3) is 3.32. The van der Waals surface area contributed by atoms with Crippen molar-refractivity contribution < 1.29 is 14.1 Å². The van der Waals surface area contributed by atoms with Crippen molar-refractivity contribution in [1.82, 2.24) is 15.5 Å². The molecule has 0 bridgehead atoms. The standard InChI is InChI=1S/C9H15N3O3/c1-6(2)8(9(13)14-3)10-4-7-11-5-15-12-7/h5-6,8,10H,4H2,1-3H3. The summed E-state index contributed by atoms with van der Waals surface area (Å²) in [6, 6.07) is -0.353. The van der Waals surface area contributed by atoms with Crippen LogP contribution in [0.25, 0.3) is 0 Å². The summed E-state index contributed by atoms with van der Waals surface area (Å²) in [5, 5.41) is 6.64. The fraction of sp³-hybridized carbons (Fsp3) is 0.667. The minimum atomic E-state index is -0.353. The number of carbonyl (C=O) groups excluding carboxylic acids is 1. The molecule has 0 radical (unpaired) electrons. The van der Waals surface area contributed by atoms with Gasteiger partial charge in [0.15, 0.2) is 5.82 Å². The van der Waals surface area contributed by atoms with Crippen LogP contribution in [0.4, 0.5) is 0 Å². The second-order valence-corrected chi connectivity index (χ2v) is 3.47. The third-order valence-electron chi connectivity index (χ3n) is 2.01. The van der Waals surface area contributed by atoms with Crippen molar-refractivity contribution in [3.63, 3.8) is 0 Å². The minimum absolute atomic E-state index is 0.143. The highest BCUT2D eigenvalue weighted by Gasteiger charge is 2.22. The molecule has 1 aromatic rings. The maximum absolute atomic E-state index is 11.4. The first-order valence-corrected chi connectivity index (χ1v) is 4.71. The molecule has 6 heteroatoms. The van der Waals surface area contributed by atoms with Gasteiger partial charge in [0.25, 0.3) is 0 Å². The largest absolute Gasteiger partial charge is 0.468 e. The Hall–Kier alpha value is -1.43. The lowest BCUT2D eigenvalue weighted by molar-refractivity contribution is -0.144. The molecule has 1 rings (SSSR count). The van der Waals surface area contributed by atoms with Gasteiger partial charge in [-0.1, -0.05) is 19.0 Å². The molecule has 1 unspecified atom stereocenters. The van der Waals surface area contributed by atoms with Gasteiger partial charge in [-0.25, -0.2) is 0 Å². The number of rotatable bonds is 5. The van der Waals surface area contributed by atoms with Crippen LogP contribution in [0.5, 0.6) is 0 Å². The van der Waals surface area contributed by atoms with E-state index < -0.39 is 0 Å². The van der Waals surface area contributed by atoms with Crippen LogP contribution >= 0.6 is 0 Å². The van der Waals surface area contributed by atoms with Gasteiger partial charge in [-0.15, -0.1) is 0 Å². The maximum Gasteiger partial charge on any atom is 0.323 e. The van der Waals surface area contributed by atoms with Gasteiger partial charge in [0.05, 0.1) is 13.7 Å². The number of esters is 1. The SMILES string of the molecule is COC(=O)C(NCc1ncon1)C(C)C. The van der Waals surface area contributed by atoms with Crippen molar-refractivity contribution in [2.75, 3.05) is 7.11 Å². The Morgan fingerprint density at radius 1 is 1.67 bits per heavy atom. The van der Waals surface area contributed by atoms with Crippen molar-refractivity contribution in [3.05, 3.63) is 12.2 Å². The molecule has 0 fully saturated rings. The summed E-state index contributed by atoms with van der Waals surface area (Å²) >= 11 is 0. The van der Waals surface area contributed by atoms with Crippen LogP contribution in [0.3, 0.4) is 0 Å². The molecular formula is C9H15N3O3. The molecule has 0 saturated carbocycles. The summed E-state index contributed by atoms with van der Waals surface area (Å²) in [5.41, 5.74) is 0. The quantitative estimate of drug-likeness (QED) is 0.711. The van der Waals surface area contributed by atoms with Crippen molar-refractivity contribution >= 4 is 5.97 Å². The van der Waals surface area contributed by atoms with Crippen LogP contribution in [0.1, 0.15) is 19.7 Å². The number of nitrogens with one attached hydrogen (secondary N) is 1. The number of carbonyl (C=O) groups is 1. The molecular weight excluding hydrogens is 198 g/mol. The monoisotopic (exact) mass is 213 g/mol. The Bertz CT molecular complexity index is 298. The van der Waals surface area contributed by atoms with Gasteiger partial charge in [0.2, 0.25) is 6.39 Å². The van der Waals surface area contributed by atoms with Gasteiger partial charge >= 0.3 is 5.97 Å². The number of hydrogen-bond donors (Lipinski definition) is 1. The smallest absolute Gasteiger partial charge is 0.323 e. The lowest BCUT2D eigenvalue weighted by atomic mass is 10.0. The van der Waals surface area contributed by atoms with Crippen molar-refractivity contribution in [2.24, 2.45) is 5.92 Å². The van der Waals surface area contributed by atoms with E-state index in [1.165, 1.54) is 13.5 Å². The number of nitrogens with zero attached hydrogens (tertiary/aromatic N) is 2. The highest BCUT2D eigenvalue weighted by molar-refractivity contribution is 5.75. The first-order valence-electron chi connectivity index (χ1n) is 4.71. The molecule has 0 spiro atoms. The van der Waals surface area contributed by atoms with Crippen LogP contribution in [-0.2, 0) is 16.1 Å². The number of hydrogen-bond acceptors (Lipinski definition) is 6.